The number of amides is 2. The van der Waals surface area contributed by atoms with Crippen LogP contribution in [0.1, 0.15) is 33.1 Å². The molecule has 17 heavy (non-hydrogen) atoms. The predicted octanol–water partition coefficient (Wildman–Crippen LogP) is 1.54. The molecule has 0 radical (unpaired) electrons. The van der Waals surface area contributed by atoms with Crippen LogP contribution in [0.5, 0.6) is 0 Å². The van der Waals surface area contributed by atoms with Gasteiger partial charge in [-0.05, 0) is 24.7 Å². The first-order valence-electron chi connectivity index (χ1n) is 6.23. The number of carboxylic acids is 1. The molecule has 5 nitrogen and oxygen atoms in total. The fraction of sp³-hybridized carbons (Fsp3) is 0.833. The van der Waals surface area contributed by atoms with Crippen LogP contribution < -0.4 is 5.32 Å². The third-order valence-electron chi connectivity index (χ3n) is 3.00. The zero-order chi connectivity index (χ0) is 12.8. The van der Waals surface area contributed by atoms with Crippen LogP contribution in [0.25, 0.3) is 0 Å². The van der Waals surface area contributed by atoms with E-state index in [1.54, 1.807) is 0 Å². The number of likely N-dealkylation sites (tertiary alicyclic amines) is 1. The fourth-order valence-corrected chi connectivity index (χ4v) is 2.38. The Morgan fingerprint density at radius 2 is 1.88 bits per heavy atom. The first-order valence-corrected chi connectivity index (χ1v) is 6.23. The monoisotopic (exact) mass is 242 g/mol. The van der Waals surface area contributed by atoms with Crippen molar-refractivity contribution < 1.29 is 14.7 Å². The summed E-state index contributed by atoms with van der Waals surface area (Å²) in [6.45, 7) is 6.34. The van der Waals surface area contributed by atoms with Crippen molar-refractivity contribution in [2.75, 3.05) is 19.6 Å². The summed E-state index contributed by atoms with van der Waals surface area (Å²) in [5, 5.41) is 11.2. The maximum atomic E-state index is 11.8. The highest BCUT2D eigenvalue weighted by Crippen LogP contribution is 2.20. The van der Waals surface area contributed by atoms with E-state index in [1.807, 2.05) is 4.90 Å². The Morgan fingerprint density at radius 3 is 2.41 bits per heavy atom. The van der Waals surface area contributed by atoms with Crippen LogP contribution in [0.15, 0.2) is 0 Å². The molecule has 0 bridgehead atoms. The van der Waals surface area contributed by atoms with E-state index in [-0.39, 0.29) is 12.5 Å². The van der Waals surface area contributed by atoms with E-state index in [0.29, 0.717) is 24.8 Å². The average Bonchev–Trinajstić information content (AvgIpc) is 2.22. The molecule has 1 rings (SSSR count). The number of urea groups is 1. The van der Waals surface area contributed by atoms with Gasteiger partial charge in [0.2, 0.25) is 0 Å². The maximum Gasteiger partial charge on any atom is 0.317 e. The molecule has 5 heteroatoms. The van der Waals surface area contributed by atoms with Gasteiger partial charge in [0.1, 0.15) is 0 Å². The van der Waals surface area contributed by atoms with Gasteiger partial charge in [0, 0.05) is 26.1 Å². The van der Waals surface area contributed by atoms with Crippen molar-refractivity contribution in [2.24, 2.45) is 11.8 Å². The summed E-state index contributed by atoms with van der Waals surface area (Å²) in [5.74, 6) is 0.270. The van der Waals surface area contributed by atoms with E-state index in [0.717, 1.165) is 13.1 Å². The minimum Gasteiger partial charge on any atom is -0.481 e. The molecular formula is C12H22N2O3. The van der Waals surface area contributed by atoms with Crippen LogP contribution in [0.3, 0.4) is 0 Å². The molecule has 1 fully saturated rings. The molecule has 2 amide bonds. The second kappa shape index (κ2) is 6.47. The van der Waals surface area contributed by atoms with Crippen LogP contribution in [-0.4, -0.2) is 41.6 Å². The summed E-state index contributed by atoms with van der Waals surface area (Å²) in [5.41, 5.74) is 0. The van der Waals surface area contributed by atoms with Crippen molar-refractivity contribution in [1.29, 1.82) is 0 Å². The van der Waals surface area contributed by atoms with E-state index in [9.17, 15) is 9.59 Å². The molecule has 2 atom stereocenters. The number of nitrogens with one attached hydrogen (secondary N) is 1. The number of aliphatic carboxylic acids is 1. The number of piperidine rings is 1. The zero-order valence-electron chi connectivity index (χ0n) is 10.6. The number of rotatable bonds is 4. The lowest BCUT2D eigenvalue weighted by molar-refractivity contribution is -0.137. The number of carbonyl (C=O) groups excluding carboxylic acids is 1. The SMILES string of the molecule is CC1CC(C)CN(C(=O)NCCCC(=O)O)C1. The van der Waals surface area contributed by atoms with Crippen molar-refractivity contribution in [2.45, 2.75) is 33.1 Å². The zero-order valence-corrected chi connectivity index (χ0v) is 10.6. The highest BCUT2D eigenvalue weighted by Gasteiger charge is 2.24. The third kappa shape index (κ3) is 5.06. The summed E-state index contributed by atoms with van der Waals surface area (Å²) in [4.78, 5) is 23.9. The van der Waals surface area contributed by atoms with Crippen molar-refractivity contribution in [3.63, 3.8) is 0 Å². The molecule has 0 aromatic rings. The van der Waals surface area contributed by atoms with Crippen LogP contribution >= 0.6 is 0 Å². The molecule has 2 unspecified atom stereocenters. The summed E-state index contributed by atoms with van der Waals surface area (Å²) in [6.07, 6.45) is 1.76. The van der Waals surface area contributed by atoms with Gasteiger partial charge >= 0.3 is 12.0 Å². The largest absolute Gasteiger partial charge is 0.481 e. The van der Waals surface area contributed by atoms with Crippen LogP contribution in [0.2, 0.25) is 0 Å². The normalized spacial score (nSPS) is 24.5. The number of carbonyl (C=O) groups is 2. The van der Waals surface area contributed by atoms with Gasteiger partial charge in [-0.25, -0.2) is 4.79 Å². The Morgan fingerprint density at radius 1 is 1.29 bits per heavy atom. The molecular weight excluding hydrogens is 220 g/mol. The fourth-order valence-electron chi connectivity index (χ4n) is 2.38. The molecule has 0 spiro atoms. The lowest BCUT2D eigenvalue weighted by Crippen LogP contribution is -2.47. The Balaban J connectivity index is 2.24. The minimum absolute atomic E-state index is 0.0613. The molecule has 1 heterocycles. The molecule has 1 aliphatic heterocycles. The molecule has 2 N–H and O–H groups in total. The first-order chi connectivity index (χ1) is 7.99. The second-order valence-corrected chi connectivity index (χ2v) is 5.08. The van der Waals surface area contributed by atoms with Crippen molar-refractivity contribution in [3.05, 3.63) is 0 Å². The van der Waals surface area contributed by atoms with Crippen LogP contribution in [0, 0.1) is 11.8 Å². The van der Waals surface area contributed by atoms with Gasteiger partial charge < -0.3 is 15.3 Å². The topological polar surface area (TPSA) is 69.6 Å². The Labute approximate surface area is 102 Å². The van der Waals surface area contributed by atoms with Gasteiger partial charge in [-0.2, -0.15) is 0 Å². The Kier molecular flexibility index (Phi) is 5.25. The Hall–Kier alpha value is -1.26. The van der Waals surface area contributed by atoms with Gasteiger partial charge in [0.05, 0.1) is 0 Å². The van der Waals surface area contributed by atoms with Gasteiger partial charge in [0.15, 0.2) is 0 Å². The summed E-state index contributed by atoms with van der Waals surface area (Å²) < 4.78 is 0. The number of nitrogens with zero attached hydrogens (tertiary/aromatic N) is 1. The number of hydrogen-bond acceptors (Lipinski definition) is 2. The van der Waals surface area contributed by atoms with E-state index in [2.05, 4.69) is 19.2 Å². The van der Waals surface area contributed by atoms with Gasteiger partial charge in [-0.15, -0.1) is 0 Å². The van der Waals surface area contributed by atoms with E-state index in [1.165, 1.54) is 6.42 Å². The minimum atomic E-state index is -0.820. The Bertz CT molecular complexity index is 271. The van der Waals surface area contributed by atoms with Crippen LogP contribution in [-0.2, 0) is 4.79 Å². The van der Waals surface area contributed by atoms with Gasteiger partial charge in [-0.1, -0.05) is 13.8 Å². The molecule has 1 aliphatic rings. The summed E-state index contributed by atoms with van der Waals surface area (Å²) in [6, 6.07) is -0.0613. The smallest absolute Gasteiger partial charge is 0.317 e. The lowest BCUT2D eigenvalue weighted by Gasteiger charge is -2.34. The first kappa shape index (κ1) is 13.8. The maximum absolute atomic E-state index is 11.8. The molecule has 0 aromatic carbocycles. The van der Waals surface area contributed by atoms with E-state index < -0.39 is 5.97 Å². The standard InChI is InChI=1S/C12H22N2O3/c1-9-6-10(2)8-14(7-9)12(17)13-5-3-4-11(15)16/h9-10H,3-8H2,1-2H3,(H,13,17)(H,15,16). The molecule has 98 valence electrons. The molecule has 0 saturated carbocycles. The average molecular weight is 242 g/mol. The van der Waals surface area contributed by atoms with E-state index in [4.69, 9.17) is 5.11 Å². The van der Waals surface area contributed by atoms with Crippen molar-refractivity contribution in [3.8, 4) is 0 Å². The molecule has 0 aliphatic carbocycles. The summed E-state index contributed by atoms with van der Waals surface area (Å²) in [7, 11) is 0. The van der Waals surface area contributed by atoms with Crippen molar-refractivity contribution >= 4 is 12.0 Å². The van der Waals surface area contributed by atoms with Crippen LogP contribution in [0.4, 0.5) is 4.79 Å². The lowest BCUT2D eigenvalue weighted by atomic mass is 9.92. The van der Waals surface area contributed by atoms with Gasteiger partial charge in [-0.3, -0.25) is 4.79 Å². The predicted molar refractivity (Wildman–Crippen MR) is 64.8 cm³/mol. The highest BCUT2D eigenvalue weighted by molar-refractivity contribution is 5.74. The molecule has 0 aromatic heterocycles. The van der Waals surface area contributed by atoms with Crippen molar-refractivity contribution in [1.82, 2.24) is 10.2 Å². The second-order valence-electron chi connectivity index (χ2n) is 5.08. The summed E-state index contributed by atoms with van der Waals surface area (Å²) >= 11 is 0. The molecule has 1 saturated heterocycles. The number of carboxylic acid groups (broad SMARTS) is 1. The number of hydrogen-bond donors (Lipinski definition) is 2. The van der Waals surface area contributed by atoms with E-state index >= 15 is 0 Å². The third-order valence-corrected chi connectivity index (χ3v) is 3.00. The quantitative estimate of drug-likeness (QED) is 0.735. The van der Waals surface area contributed by atoms with Gasteiger partial charge in [0.25, 0.3) is 0 Å². The highest BCUT2D eigenvalue weighted by atomic mass is 16.4.